The minimum Gasteiger partial charge on any atom is -0.342 e. The fraction of sp³-hybridized carbons (Fsp3) is 0.786. The highest BCUT2D eigenvalue weighted by Crippen LogP contribution is 2.34. The molecule has 1 aromatic rings. The molecule has 1 aromatic heterocycles. The van der Waals surface area contributed by atoms with E-state index < -0.39 is 0 Å². The van der Waals surface area contributed by atoms with Crippen molar-refractivity contribution in [2.24, 2.45) is 11.7 Å². The maximum atomic E-state index is 5.79. The highest BCUT2D eigenvalue weighted by Gasteiger charge is 2.27. The third kappa shape index (κ3) is 2.14. The summed E-state index contributed by atoms with van der Waals surface area (Å²) >= 11 is 0. The largest absolute Gasteiger partial charge is 0.342 e. The average Bonchev–Trinajstić information content (AvgIpc) is 3.08. The molecule has 4 nitrogen and oxygen atoms in total. The van der Waals surface area contributed by atoms with Crippen LogP contribution in [0.25, 0.3) is 0 Å². The molecule has 1 atom stereocenters. The molecule has 0 bridgehead atoms. The zero-order valence-corrected chi connectivity index (χ0v) is 11.3. The highest BCUT2D eigenvalue weighted by atomic mass is 15.3. The summed E-state index contributed by atoms with van der Waals surface area (Å²) in [6.45, 7) is 5.11. The van der Waals surface area contributed by atoms with E-state index >= 15 is 0 Å². The van der Waals surface area contributed by atoms with Crippen molar-refractivity contribution in [1.82, 2.24) is 9.55 Å². The molecular formula is C14H24N4. The standard InChI is InChI=1S/C14H24N4/c1-11-9-18(13-4-2-3-5-13)14(16-11)17-7-6-12(8-15)10-17/h9,12-13H,2-8,10,15H2,1H3. The molecule has 1 aliphatic heterocycles. The summed E-state index contributed by atoms with van der Waals surface area (Å²) in [5.41, 5.74) is 6.93. The van der Waals surface area contributed by atoms with Gasteiger partial charge < -0.3 is 15.2 Å². The van der Waals surface area contributed by atoms with Crippen LogP contribution in [0.5, 0.6) is 0 Å². The van der Waals surface area contributed by atoms with Crippen LogP contribution in [0.4, 0.5) is 5.95 Å². The van der Waals surface area contributed by atoms with E-state index in [1.807, 2.05) is 0 Å². The van der Waals surface area contributed by atoms with Crippen molar-refractivity contribution >= 4 is 5.95 Å². The number of nitrogens with two attached hydrogens (primary N) is 1. The van der Waals surface area contributed by atoms with Crippen molar-refractivity contribution in [3.8, 4) is 0 Å². The van der Waals surface area contributed by atoms with Crippen LogP contribution in [0.1, 0.15) is 43.8 Å². The van der Waals surface area contributed by atoms with Gasteiger partial charge in [0.25, 0.3) is 0 Å². The van der Waals surface area contributed by atoms with Gasteiger partial charge in [0, 0.05) is 25.3 Å². The molecule has 0 radical (unpaired) electrons. The van der Waals surface area contributed by atoms with E-state index in [1.165, 1.54) is 38.1 Å². The van der Waals surface area contributed by atoms with Crippen LogP contribution in [0.3, 0.4) is 0 Å². The topological polar surface area (TPSA) is 47.1 Å². The van der Waals surface area contributed by atoms with Crippen molar-refractivity contribution in [3.63, 3.8) is 0 Å². The molecular weight excluding hydrogens is 224 g/mol. The maximum Gasteiger partial charge on any atom is 0.205 e. The Morgan fingerprint density at radius 2 is 2.11 bits per heavy atom. The third-order valence-electron chi connectivity index (χ3n) is 4.45. The summed E-state index contributed by atoms with van der Waals surface area (Å²) in [6.07, 6.45) is 8.82. The Bertz CT molecular complexity index is 406. The average molecular weight is 248 g/mol. The molecule has 2 fully saturated rings. The van der Waals surface area contributed by atoms with Gasteiger partial charge in [0.05, 0.1) is 5.69 Å². The van der Waals surface area contributed by atoms with Gasteiger partial charge in [-0.1, -0.05) is 12.8 Å². The highest BCUT2D eigenvalue weighted by molar-refractivity contribution is 5.36. The van der Waals surface area contributed by atoms with Gasteiger partial charge in [-0.25, -0.2) is 4.98 Å². The second kappa shape index (κ2) is 4.92. The third-order valence-corrected chi connectivity index (χ3v) is 4.45. The minimum atomic E-state index is 0.652. The summed E-state index contributed by atoms with van der Waals surface area (Å²) in [5.74, 6) is 1.84. The van der Waals surface area contributed by atoms with Gasteiger partial charge in [0.15, 0.2) is 0 Å². The van der Waals surface area contributed by atoms with Crippen LogP contribution >= 0.6 is 0 Å². The fourth-order valence-electron chi connectivity index (χ4n) is 3.40. The lowest BCUT2D eigenvalue weighted by molar-refractivity contribution is 0.514. The van der Waals surface area contributed by atoms with Crippen molar-refractivity contribution in [1.29, 1.82) is 0 Å². The fourth-order valence-corrected chi connectivity index (χ4v) is 3.40. The smallest absolute Gasteiger partial charge is 0.205 e. The van der Waals surface area contributed by atoms with Gasteiger partial charge in [-0.15, -0.1) is 0 Å². The Labute approximate surface area is 109 Å². The number of anilines is 1. The number of hydrogen-bond acceptors (Lipinski definition) is 3. The molecule has 18 heavy (non-hydrogen) atoms. The van der Waals surface area contributed by atoms with E-state index in [-0.39, 0.29) is 0 Å². The predicted molar refractivity (Wildman–Crippen MR) is 73.8 cm³/mol. The normalized spacial score (nSPS) is 25.2. The molecule has 4 heteroatoms. The van der Waals surface area contributed by atoms with Gasteiger partial charge in [0.1, 0.15) is 0 Å². The van der Waals surface area contributed by atoms with Crippen molar-refractivity contribution in [2.75, 3.05) is 24.5 Å². The Kier molecular flexibility index (Phi) is 3.29. The number of aryl methyl sites for hydroxylation is 1. The molecule has 0 amide bonds. The molecule has 0 aromatic carbocycles. The summed E-state index contributed by atoms with van der Waals surface area (Å²) in [4.78, 5) is 7.19. The van der Waals surface area contributed by atoms with Gasteiger partial charge in [-0.3, -0.25) is 0 Å². The first-order chi connectivity index (χ1) is 8.78. The number of nitrogens with zero attached hydrogens (tertiary/aromatic N) is 3. The first kappa shape index (κ1) is 12.0. The molecule has 1 saturated heterocycles. The van der Waals surface area contributed by atoms with Crippen LogP contribution in [0.2, 0.25) is 0 Å². The first-order valence-corrected chi connectivity index (χ1v) is 7.28. The van der Waals surface area contributed by atoms with Crippen LogP contribution < -0.4 is 10.6 Å². The molecule has 1 saturated carbocycles. The summed E-state index contributed by atoms with van der Waals surface area (Å²) in [5, 5.41) is 0. The zero-order valence-electron chi connectivity index (χ0n) is 11.3. The molecule has 2 heterocycles. The van der Waals surface area contributed by atoms with Crippen molar-refractivity contribution in [2.45, 2.75) is 45.1 Å². The quantitative estimate of drug-likeness (QED) is 0.891. The maximum absolute atomic E-state index is 5.79. The number of rotatable bonds is 3. The van der Waals surface area contributed by atoms with Crippen LogP contribution in [-0.2, 0) is 0 Å². The molecule has 3 rings (SSSR count). The summed E-state index contributed by atoms with van der Waals surface area (Å²) in [7, 11) is 0. The first-order valence-electron chi connectivity index (χ1n) is 7.28. The molecule has 2 N–H and O–H groups in total. The van der Waals surface area contributed by atoms with Gasteiger partial charge in [0.2, 0.25) is 5.95 Å². The van der Waals surface area contributed by atoms with E-state index in [0.29, 0.717) is 12.0 Å². The summed E-state index contributed by atoms with van der Waals surface area (Å²) < 4.78 is 2.43. The van der Waals surface area contributed by atoms with E-state index in [0.717, 1.165) is 25.3 Å². The number of aromatic nitrogens is 2. The van der Waals surface area contributed by atoms with E-state index in [1.54, 1.807) is 0 Å². The van der Waals surface area contributed by atoms with Crippen molar-refractivity contribution in [3.05, 3.63) is 11.9 Å². The van der Waals surface area contributed by atoms with Gasteiger partial charge in [-0.2, -0.15) is 0 Å². The lowest BCUT2D eigenvalue weighted by Crippen LogP contribution is -2.26. The Hall–Kier alpha value is -1.03. The van der Waals surface area contributed by atoms with Crippen molar-refractivity contribution < 1.29 is 0 Å². The Morgan fingerprint density at radius 1 is 1.33 bits per heavy atom. The number of hydrogen-bond donors (Lipinski definition) is 1. The summed E-state index contributed by atoms with van der Waals surface area (Å²) in [6, 6.07) is 0.679. The van der Waals surface area contributed by atoms with Crippen LogP contribution in [0, 0.1) is 12.8 Å². The molecule has 1 aliphatic carbocycles. The molecule has 2 aliphatic rings. The number of imidazole rings is 1. The molecule has 100 valence electrons. The van der Waals surface area contributed by atoms with E-state index in [9.17, 15) is 0 Å². The Morgan fingerprint density at radius 3 is 2.78 bits per heavy atom. The zero-order chi connectivity index (χ0) is 12.5. The van der Waals surface area contributed by atoms with Crippen LogP contribution in [0.15, 0.2) is 6.20 Å². The molecule has 1 unspecified atom stereocenters. The lowest BCUT2D eigenvalue weighted by Gasteiger charge is -2.22. The molecule has 0 spiro atoms. The van der Waals surface area contributed by atoms with E-state index in [2.05, 4.69) is 22.6 Å². The Balaban J connectivity index is 1.82. The van der Waals surface area contributed by atoms with E-state index in [4.69, 9.17) is 10.7 Å². The lowest BCUT2D eigenvalue weighted by atomic mass is 10.1. The second-order valence-corrected chi connectivity index (χ2v) is 5.86. The van der Waals surface area contributed by atoms with Gasteiger partial charge >= 0.3 is 0 Å². The minimum absolute atomic E-state index is 0.652. The monoisotopic (exact) mass is 248 g/mol. The second-order valence-electron chi connectivity index (χ2n) is 5.86. The van der Waals surface area contributed by atoms with Crippen LogP contribution in [-0.4, -0.2) is 29.2 Å². The van der Waals surface area contributed by atoms with Gasteiger partial charge in [-0.05, 0) is 38.6 Å². The SMILES string of the molecule is Cc1cn(C2CCCC2)c(N2CCC(CN)C2)n1. The predicted octanol–water partition coefficient (Wildman–Crippen LogP) is 2.09.